The summed E-state index contributed by atoms with van der Waals surface area (Å²) >= 11 is 0. The number of ether oxygens (including phenoxy) is 1. The van der Waals surface area contributed by atoms with Crippen molar-refractivity contribution in [3.8, 4) is 5.75 Å². The second-order valence-corrected chi connectivity index (χ2v) is 4.94. The second kappa shape index (κ2) is 8.14. The van der Waals surface area contributed by atoms with Gasteiger partial charge < -0.3 is 15.8 Å². The molecule has 1 aromatic carbocycles. The molecule has 3 N–H and O–H groups in total. The third-order valence-electron chi connectivity index (χ3n) is 3.52. The average molecular weight is 321 g/mol. The van der Waals surface area contributed by atoms with Crippen LogP contribution in [0.5, 0.6) is 5.75 Å². The molecule has 1 fully saturated rings. The van der Waals surface area contributed by atoms with Crippen molar-refractivity contribution in [3.05, 3.63) is 29.8 Å². The summed E-state index contributed by atoms with van der Waals surface area (Å²) in [6, 6.07) is 6.14. The lowest BCUT2D eigenvalue weighted by atomic mass is 10.0. The van der Waals surface area contributed by atoms with Crippen molar-refractivity contribution in [2.45, 2.75) is 38.5 Å². The topological polar surface area (TPSA) is 64.4 Å². The van der Waals surface area contributed by atoms with E-state index in [0.717, 1.165) is 24.8 Å². The predicted molar refractivity (Wildman–Crippen MR) is 77.5 cm³/mol. The van der Waals surface area contributed by atoms with Crippen LogP contribution in [0.1, 0.15) is 24.8 Å². The highest BCUT2D eigenvalue weighted by Gasteiger charge is 2.29. The van der Waals surface area contributed by atoms with Crippen molar-refractivity contribution >= 4 is 18.3 Å². The molecule has 0 aromatic heterocycles. The molecule has 0 saturated heterocycles. The third-order valence-corrected chi connectivity index (χ3v) is 3.52. The number of nitrogens with one attached hydrogen (secondary N) is 1. The van der Waals surface area contributed by atoms with Crippen LogP contribution in [-0.4, -0.2) is 18.6 Å². The molecule has 2 atom stereocenters. The Balaban J connectivity index is 0.00000220. The van der Waals surface area contributed by atoms with Gasteiger partial charge >= 0.3 is 6.61 Å². The molecule has 0 bridgehead atoms. The molecule has 2 rings (SSSR count). The Bertz CT molecular complexity index is 457. The molecule has 7 heteroatoms. The van der Waals surface area contributed by atoms with Gasteiger partial charge in [-0.3, -0.25) is 4.79 Å². The molecule has 1 amide bonds. The third kappa shape index (κ3) is 5.13. The quantitative estimate of drug-likeness (QED) is 0.876. The smallest absolute Gasteiger partial charge is 0.387 e. The van der Waals surface area contributed by atoms with Crippen LogP contribution in [0, 0.1) is 5.92 Å². The van der Waals surface area contributed by atoms with Gasteiger partial charge in [0, 0.05) is 12.6 Å². The maximum absolute atomic E-state index is 12.0. The molecule has 1 aliphatic rings. The summed E-state index contributed by atoms with van der Waals surface area (Å²) in [7, 11) is 0. The summed E-state index contributed by atoms with van der Waals surface area (Å²) in [6.07, 6.45) is 2.70. The van der Waals surface area contributed by atoms with Gasteiger partial charge in [0.05, 0.1) is 5.92 Å². The van der Waals surface area contributed by atoms with Gasteiger partial charge in [0.2, 0.25) is 5.91 Å². The Hall–Kier alpha value is -1.40. The van der Waals surface area contributed by atoms with E-state index >= 15 is 0 Å². The van der Waals surface area contributed by atoms with E-state index in [9.17, 15) is 13.6 Å². The number of rotatable bonds is 5. The van der Waals surface area contributed by atoms with Gasteiger partial charge in [-0.2, -0.15) is 8.78 Å². The van der Waals surface area contributed by atoms with Crippen LogP contribution in [0.15, 0.2) is 24.3 Å². The zero-order valence-electron chi connectivity index (χ0n) is 11.4. The standard InChI is InChI=1S/C14H18F2N2O2.ClH/c15-14(16)20-10-6-4-9(5-7-10)8-18-13(19)11-2-1-3-12(11)17;/h4-7,11-12,14H,1-3,8,17H2,(H,18,19);1H. The summed E-state index contributed by atoms with van der Waals surface area (Å²) in [4.78, 5) is 11.9. The highest BCUT2D eigenvalue weighted by molar-refractivity contribution is 5.85. The number of halogens is 3. The molecule has 1 aromatic rings. The molecule has 0 heterocycles. The number of hydrogen-bond acceptors (Lipinski definition) is 3. The fraction of sp³-hybridized carbons (Fsp3) is 0.500. The van der Waals surface area contributed by atoms with Gasteiger partial charge in [0.1, 0.15) is 5.75 Å². The largest absolute Gasteiger partial charge is 0.435 e. The maximum atomic E-state index is 12.0. The van der Waals surface area contributed by atoms with E-state index in [-0.39, 0.29) is 36.0 Å². The average Bonchev–Trinajstić information content (AvgIpc) is 2.83. The number of alkyl halides is 2. The number of carbonyl (C=O) groups is 1. The van der Waals surface area contributed by atoms with E-state index in [1.54, 1.807) is 12.1 Å². The molecule has 21 heavy (non-hydrogen) atoms. The van der Waals surface area contributed by atoms with E-state index in [1.165, 1.54) is 12.1 Å². The van der Waals surface area contributed by atoms with E-state index < -0.39 is 6.61 Å². The minimum Gasteiger partial charge on any atom is -0.435 e. The van der Waals surface area contributed by atoms with E-state index in [2.05, 4.69) is 10.1 Å². The predicted octanol–water partition coefficient (Wildman–Crippen LogP) is 2.45. The van der Waals surface area contributed by atoms with Crippen LogP contribution in [0.2, 0.25) is 0 Å². The Morgan fingerprint density at radius 1 is 1.33 bits per heavy atom. The molecule has 0 spiro atoms. The van der Waals surface area contributed by atoms with Gasteiger partial charge in [0.25, 0.3) is 0 Å². The zero-order valence-corrected chi connectivity index (χ0v) is 12.2. The first-order chi connectivity index (χ1) is 9.56. The summed E-state index contributed by atoms with van der Waals surface area (Å²) in [6.45, 7) is -2.47. The molecule has 118 valence electrons. The molecule has 1 aliphatic carbocycles. The van der Waals surface area contributed by atoms with E-state index in [1.807, 2.05) is 0 Å². The number of hydrogen-bond donors (Lipinski definition) is 2. The molecule has 0 radical (unpaired) electrons. The lowest BCUT2D eigenvalue weighted by Gasteiger charge is -2.15. The Labute approximate surface area is 128 Å². The monoisotopic (exact) mass is 320 g/mol. The van der Waals surface area contributed by atoms with Crippen molar-refractivity contribution in [1.29, 1.82) is 0 Å². The molecule has 4 nitrogen and oxygen atoms in total. The maximum Gasteiger partial charge on any atom is 0.387 e. The van der Waals surface area contributed by atoms with Gasteiger partial charge in [-0.1, -0.05) is 18.6 Å². The second-order valence-electron chi connectivity index (χ2n) is 4.94. The van der Waals surface area contributed by atoms with Crippen molar-refractivity contribution in [1.82, 2.24) is 5.32 Å². The van der Waals surface area contributed by atoms with Gasteiger partial charge in [-0.05, 0) is 30.5 Å². The van der Waals surface area contributed by atoms with Crippen LogP contribution in [0.25, 0.3) is 0 Å². The summed E-state index contributed by atoms with van der Waals surface area (Å²) < 4.78 is 28.2. The number of carbonyl (C=O) groups excluding carboxylic acids is 1. The highest BCUT2D eigenvalue weighted by atomic mass is 35.5. The first-order valence-corrected chi connectivity index (χ1v) is 6.63. The van der Waals surface area contributed by atoms with E-state index in [4.69, 9.17) is 5.73 Å². The first-order valence-electron chi connectivity index (χ1n) is 6.63. The number of nitrogens with two attached hydrogens (primary N) is 1. The number of benzene rings is 1. The molecule has 2 unspecified atom stereocenters. The lowest BCUT2D eigenvalue weighted by Crippen LogP contribution is -2.38. The SMILES string of the molecule is Cl.NC1CCCC1C(=O)NCc1ccc(OC(F)F)cc1. The minimum absolute atomic E-state index is 0. The first kappa shape index (κ1) is 17.7. The van der Waals surface area contributed by atoms with Crippen LogP contribution in [-0.2, 0) is 11.3 Å². The number of amides is 1. The molecular weight excluding hydrogens is 302 g/mol. The van der Waals surface area contributed by atoms with Gasteiger partial charge in [-0.25, -0.2) is 0 Å². The summed E-state index contributed by atoms with van der Waals surface area (Å²) in [5.74, 6) is -0.0489. The van der Waals surface area contributed by atoms with Gasteiger partial charge in [0.15, 0.2) is 0 Å². The van der Waals surface area contributed by atoms with Crippen molar-refractivity contribution < 1.29 is 18.3 Å². The van der Waals surface area contributed by atoms with Crippen LogP contribution < -0.4 is 15.8 Å². The van der Waals surface area contributed by atoms with Crippen molar-refractivity contribution in [2.24, 2.45) is 11.7 Å². The van der Waals surface area contributed by atoms with Crippen LogP contribution in [0.3, 0.4) is 0 Å². The van der Waals surface area contributed by atoms with Crippen LogP contribution >= 0.6 is 12.4 Å². The minimum atomic E-state index is -2.83. The normalized spacial score (nSPS) is 21.0. The zero-order chi connectivity index (χ0) is 14.5. The molecular formula is C14H19ClF2N2O2. The van der Waals surface area contributed by atoms with Gasteiger partial charge in [-0.15, -0.1) is 12.4 Å². The Morgan fingerprint density at radius 2 is 2.00 bits per heavy atom. The highest BCUT2D eigenvalue weighted by Crippen LogP contribution is 2.24. The fourth-order valence-corrected chi connectivity index (χ4v) is 2.42. The molecule has 1 saturated carbocycles. The molecule has 0 aliphatic heterocycles. The van der Waals surface area contributed by atoms with E-state index in [0.29, 0.717) is 6.54 Å². The summed E-state index contributed by atoms with van der Waals surface area (Å²) in [5.41, 5.74) is 6.69. The van der Waals surface area contributed by atoms with Crippen molar-refractivity contribution in [2.75, 3.05) is 0 Å². The van der Waals surface area contributed by atoms with Crippen molar-refractivity contribution in [3.63, 3.8) is 0 Å². The lowest BCUT2D eigenvalue weighted by molar-refractivity contribution is -0.125. The fourth-order valence-electron chi connectivity index (χ4n) is 2.42. The Kier molecular flexibility index (Phi) is 6.84. The summed E-state index contributed by atoms with van der Waals surface area (Å²) in [5, 5.41) is 2.82. The van der Waals surface area contributed by atoms with Crippen LogP contribution in [0.4, 0.5) is 8.78 Å². The Morgan fingerprint density at radius 3 is 2.52 bits per heavy atom.